The predicted molar refractivity (Wildman–Crippen MR) is 150 cm³/mol. The van der Waals surface area contributed by atoms with Gasteiger partial charge in [0.05, 0.1) is 17.0 Å². The van der Waals surface area contributed by atoms with E-state index in [4.69, 9.17) is 34.8 Å². The molecule has 7 nitrogen and oxygen atoms in total. The maximum Gasteiger partial charge on any atom is 0.244 e. The number of sulfonamides is 1. The first-order valence-electron chi connectivity index (χ1n) is 12.3. The van der Waals surface area contributed by atoms with Crippen LogP contribution in [0.4, 0.5) is 5.69 Å². The molecule has 37 heavy (non-hydrogen) atoms. The first-order chi connectivity index (χ1) is 17.5. The number of amides is 2. The van der Waals surface area contributed by atoms with E-state index in [1.807, 2.05) is 6.92 Å². The minimum absolute atomic E-state index is 0.0480. The van der Waals surface area contributed by atoms with E-state index in [9.17, 15) is 18.0 Å². The summed E-state index contributed by atoms with van der Waals surface area (Å²) in [6, 6.07) is 10.6. The Balaban J connectivity index is 1.97. The van der Waals surface area contributed by atoms with Crippen LogP contribution in [-0.2, 0) is 26.2 Å². The van der Waals surface area contributed by atoms with Crippen molar-refractivity contribution in [3.05, 3.63) is 63.1 Å². The van der Waals surface area contributed by atoms with Crippen LogP contribution in [0, 0.1) is 0 Å². The van der Waals surface area contributed by atoms with Gasteiger partial charge in [-0.05, 0) is 43.5 Å². The fourth-order valence-electron chi connectivity index (χ4n) is 4.57. The van der Waals surface area contributed by atoms with Crippen molar-refractivity contribution < 1.29 is 18.0 Å². The van der Waals surface area contributed by atoms with Gasteiger partial charge in [0, 0.05) is 28.2 Å². The highest BCUT2D eigenvalue weighted by Crippen LogP contribution is 2.30. The van der Waals surface area contributed by atoms with Gasteiger partial charge in [0.15, 0.2) is 0 Å². The molecule has 0 aliphatic heterocycles. The van der Waals surface area contributed by atoms with Crippen LogP contribution in [0.2, 0.25) is 15.1 Å². The predicted octanol–water partition coefficient (Wildman–Crippen LogP) is 5.67. The van der Waals surface area contributed by atoms with Gasteiger partial charge in [-0.15, -0.1) is 0 Å². The van der Waals surface area contributed by atoms with Gasteiger partial charge in [0.1, 0.15) is 12.6 Å². The van der Waals surface area contributed by atoms with E-state index in [0.717, 1.165) is 42.7 Å². The molecule has 0 aromatic heterocycles. The average Bonchev–Trinajstić information content (AvgIpc) is 2.84. The summed E-state index contributed by atoms with van der Waals surface area (Å²) in [6.45, 7) is 1.20. The molecule has 2 aromatic carbocycles. The summed E-state index contributed by atoms with van der Waals surface area (Å²) < 4.78 is 26.4. The normalized spacial score (nSPS) is 15.2. The first-order valence-corrected chi connectivity index (χ1v) is 15.3. The lowest BCUT2D eigenvalue weighted by Gasteiger charge is -2.34. The summed E-state index contributed by atoms with van der Waals surface area (Å²) in [5.74, 6) is -0.860. The zero-order valence-corrected chi connectivity index (χ0v) is 24.0. The van der Waals surface area contributed by atoms with E-state index in [0.29, 0.717) is 22.0 Å². The Bertz CT molecular complexity index is 1200. The SMILES string of the molecule is CC[C@@H](C(=O)NC1CCCCC1)N(Cc1c(Cl)cccc1Cl)C(=O)CN(c1ccccc1Cl)S(C)(=O)=O. The summed E-state index contributed by atoms with van der Waals surface area (Å²) in [4.78, 5) is 28.6. The van der Waals surface area contributed by atoms with Crippen molar-refractivity contribution in [3.8, 4) is 0 Å². The number of hydrogen-bond donors (Lipinski definition) is 1. The van der Waals surface area contributed by atoms with E-state index in [1.165, 1.54) is 11.0 Å². The molecule has 11 heteroatoms. The molecule has 0 saturated heterocycles. The fraction of sp³-hybridized carbons (Fsp3) is 0.462. The number of hydrogen-bond acceptors (Lipinski definition) is 4. The molecule has 0 bridgehead atoms. The molecule has 202 valence electrons. The number of para-hydroxylation sites is 1. The number of nitrogens with one attached hydrogen (secondary N) is 1. The molecule has 0 radical (unpaired) electrons. The van der Waals surface area contributed by atoms with Crippen molar-refractivity contribution >= 4 is 62.3 Å². The van der Waals surface area contributed by atoms with Crippen molar-refractivity contribution in [3.63, 3.8) is 0 Å². The minimum Gasteiger partial charge on any atom is -0.352 e. The maximum atomic E-state index is 13.8. The van der Waals surface area contributed by atoms with Crippen LogP contribution in [-0.4, -0.2) is 50.0 Å². The summed E-state index contributed by atoms with van der Waals surface area (Å²) in [5, 5.41) is 3.97. The van der Waals surface area contributed by atoms with Crippen LogP contribution >= 0.6 is 34.8 Å². The number of nitrogens with zero attached hydrogens (tertiary/aromatic N) is 2. The van der Waals surface area contributed by atoms with Gasteiger partial charge in [-0.1, -0.05) is 79.2 Å². The standard InChI is InChI=1S/C26H32Cl3N3O4S/c1-3-23(26(34)30-18-10-5-4-6-11-18)31(16-19-20(27)13-9-14-21(19)28)25(33)17-32(37(2,35)36)24-15-8-7-12-22(24)29/h7-9,12-15,18,23H,3-6,10-11,16-17H2,1-2H3,(H,30,34)/t23-/m0/s1. The third-order valence-electron chi connectivity index (χ3n) is 6.53. The lowest BCUT2D eigenvalue weighted by Crippen LogP contribution is -2.54. The summed E-state index contributed by atoms with van der Waals surface area (Å²) >= 11 is 19.1. The smallest absolute Gasteiger partial charge is 0.244 e. The second-order valence-electron chi connectivity index (χ2n) is 9.21. The van der Waals surface area contributed by atoms with Crippen LogP contribution in [0.1, 0.15) is 51.0 Å². The van der Waals surface area contributed by atoms with Crippen LogP contribution in [0.25, 0.3) is 0 Å². The zero-order valence-electron chi connectivity index (χ0n) is 20.9. The van der Waals surface area contributed by atoms with E-state index >= 15 is 0 Å². The highest BCUT2D eigenvalue weighted by atomic mass is 35.5. The molecular formula is C26H32Cl3N3O4S. The second-order valence-corrected chi connectivity index (χ2v) is 12.3. The highest BCUT2D eigenvalue weighted by molar-refractivity contribution is 7.92. The molecule has 1 saturated carbocycles. The molecule has 0 heterocycles. The average molecular weight is 589 g/mol. The van der Waals surface area contributed by atoms with Gasteiger partial charge in [-0.3, -0.25) is 13.9 Å². The van der Waals surface area contributed by atoms with E-state index in [1.54, 1.807) is 36.4 Å². The number of rotatable bonds is 10. The number of carbonyl (C=O) groups excluding carboxylic acids is 2. The fourth-order valence-corrected chi connectivity index (χ4v) is 6.23. The van der Waals surface area contributed by atoms with Crippen molar-refractivity contribution in [2.24, 2.45) is 0 Å². The molecule has 0 unspecified atom stereocenters. The molecule has 0 spiro atoms. The number of anilines is 1. The van der Waals surface area contributed by atoms with Gasteiger partial charge in [0.25, 0.3) is 0 Å². The van der Waals surface area contributed by atoms with Crippen LogP contribution < -0.4 is 9.62 Å². The van der Waals surface area contributed by atoms with Crippen molar-refractivity contribution in [1.29, 1.82) is 0 Å². The van der Waals surface area contributed by atoms with Crippen LogP contribution in [0.5, 0.6) is 0 Å². The van der Waals surface area contributed by atoms with Crippen molar-refractivity contribution in [2.45, 2.75) is 64.1 Å². The highest BCUT2D eigenvalue weighted by Gasteiger charge is 2.34. The summed E-state index contributed by atoms with van der Waals surface area (Å²) in [6.07, 6.45) is 6.33. The molecular weight excluding hydrogens is 557 g/mol. The Morgan fingerprint density at radius 1 is 0.973 bits per heavy atom. The lowest BCUT2D eigenvalue weighted by atomic mass is 9.95. The minimum atomic E-state index is -3.88. The molecule has 2 aromatic rings. The van der Waals surface area contributed by atoms with E-state index in [-0.39, 0.29) is 29.2 Å². The zero-order chi connectivity index (χ0) is 27.2. The third kappa shape index (κ3) is 7.76. The Kier molecular flexibility index (Phi) is 10.5. The maximum absolute atomic E-state index is 13.8. The van der Waals surface area contributed by atoms with Crippen LogP contribution in [0.3, 0.4) is 0 Å². The lowest BCUT2D eigenvalue weighted by molar-refractivity contribution is -0.140. The molecule has 1 aliphatic rings. The van der Waals surface area contributed by atoms with Gasteiger partial charge in [0.2, 0.25) is 21.8 Å². The van der Waals surface area contributed by atoms with Crippen molar-refractivity contribution in [1.82, 2.24) is 10.2 Å². The molecule has 1 fully saturated rings. The number of carbonyl (C=O) groups is 2. The Labute approximate surface area is 234 Å². The van der Waals surface area contributed by atoms with Gasteiger partial charge < -0.3 is 10.2 Å². The molecule has 2 amide bonds. The van der Waals surface area contributed by atoms with Crippen LogP contribution in [0.15, 0.2) is 42.5 Å². The van der Waals surface area contributed by atoms with Gasteiger partial charge in [-0.25, -0.2) is 8.42 Å². The quantitative estimate of drug-likeness (QED) is 0.388. The third-order valence-corrected chi connectivity index (χ3v) is 8.68. The number of benzene rings is 2. The van der Waals surface area contributed by atoms with Gasteiger partial charge in [-0.2, -0.15) is 0 Å². The molecule has 1 N–H and O–H groups in total. The largest absolute Gasteiger partial charge is 0.352 e. The molecule has 1 atom stereocenters. The van der Waals surface area contributed by atoms with E-state index in [2.05, 4.69) is 5.32 Å². The molecule has 3 rings (SSSR count). The van der Waals surface area contributed by atoms with E-state index < -0.39 is 28.5 Å². The summed E-state index contributed by atoms with van der Waals surface area (Å²) in [7, 11) is -3.88. The Hall–Kier alpha value is -2.00. The van der Waals surface area contributed by atoms with Gasteiger partial charge >= 0.3 is 0 Å². The second kappa shape index (κ2) is 13.2. The Morgan fingerprint density at radius 2 is 1.57 bits per heavy atom. The topological polar surface area (TPSA) is 86.8 Å². The van der Waals surface area contributed by atoms with Crippen molar-refractivity contribution in [2.75, 3.05) is 17.1 Å². The first kappa shape index (κ1) is 29.6. The molecule has 1 aliphatic carbocycles. The Morgan fingerprint density at radius 3 is 2.14 bits per heavy atom. The number of halogens is 3. The monoisotopic (exact) mass is 587 g/mol. The summed E-state index contributed by atoms with van der Waals surface area (Å²) in [5.41, 5.74) is 0.655.